The van der Waals surface area contributed by atoms with Crippen molar-refractivity contribution < 1.29 is 80.4 Å². The van der Waals surface area contributed by atoms with Gasteiger partial charge in [-0.2, -0.15) is 17.6 Å². The van der Waals surface area contributed by atoms with Crippen molar-refractivity contribution in [3.63, 3.8) is 0 Å². The molecule has 0 spiro atoms. The van der Waals surface area contributed by atoms with Crippen LogP contribution in [0.2, 0.25) is 0 Å². The molecule has 18 heteroatoms. The zero-order chi connectivity index (χ0) is 37.8. The molecule has 0 saturated carbocycles. The third-order valence-corrected chi connectivity index (χ3v) is 6.85. The molecule has 0 atom stereocenters. The average Bonchev–Trinajstić information content (AvgIpc) is 2.99. The Labute approximate surface area is 279 Å². The fraction of sp³-hybridized carbons (Fsp3) is 0.273. The number of alkyl halides is 4. The molecule has 4 nitrogen and oxygen atoms in total. The predicted octanol–water partition coefficient (Wildman–Crippen LogP) is 11.1. The van der Waals surface area contributed by atoms with E-state index in [1.165, 1.54) is 0 Å². The molecule has 0 radical (unpaired) electrons. The molecule has 0 N–H and O–H groups in total. The fourth-order valence-corrected chi connectivity index (χ4v) is 4.56. The van der Waals surface area contributed by atoms with E-state index in [1.807, 2.05) is 6.92 Å². The van der Waals surface area contributed by atoms with Crippen molar-refractivity contribution in [2.24, 2.45) is 0 Å². The highest BCUT2D eigenvalue weighted by Crippen LogP contribution is 2.39. The Morgan fingerprint density at radius 3 is 1.08 bits per heavy atom. The van der Waals surface area contributed by atoms with Crippen molar-refractivity contribution in [3.8, 4) is 23.0 Å². The van der Waals surface area contributed by atoms with Crippen LogP contribution >= 0.6 is 0 Å². The second-order valence-corrected chi connectivity index (χ2v) is 10.7. The molecule has 0 bridgehead atoms. The average molecular weight is 749 g/mol. The van der Waals surface area contributed by atoms with E-state index in [0.717, 1.165) is 6.42 Å². The third kappa shape index (κ3) is 9.26. The minimum atomic E-state index is -4.93. The lowest BCUT2D eigenvalue weighted by Gasteiger charge is -2.23. The van der Waals surface area contributed by atoms with Crippen LogP contribution in [0.4, 0.5) is 61.5 Å². The molecule has 0 saturated heterocycles. The van der Waals surface area contributed by atoms with Crippen LogP contribution in [0.15, 0.2) is 48.5 Å². The SMILES string of the molecule is CCCCCCC(Oc1cc(F)c(C(F)(F)Oc2cc(F)c(F)c(F)c2)c(F)c1)Oc1cc(F)c(C(F)(F)Oc2cc(F)c(F)c(F)c2)c(F)c1. The van der Waals surface area contributed by atoms with Gasteiger partial charge in [0.2, 0.25) is 6.29 Å². The minimum absolute atomic E-state index is 0.000254. The van der Waals surface area contributed by atoms with Crippen molar-refractivity contribution in [2.45, 2.75) is 57.5 Å². The molecule has 0 aliphatic rings. The third-order valence-electron chi connectivity index (χ3n) is 6.85. The first-order valence-electron chi connectivity index (χ1n) is 14.6. The summed E-state index contributed by atoms with van der Waals surface area (Å²) in [4.78, 5) is 0. The Morgan fingerprint density at radius 2 is 0.765 bits per heavy atom. The largest absolute Gasteiger partial charge is 0.455 e. The first-order valence-corrected chi connectivity index (χ1v) is 14.6. The van der Waals surface area contributed by atoms with Crippen LogP contribution in [0.25, 0.3) is 0 Å². The van der Waals surface area contributed by atoms with Gasteiger partial charge < -0.3 is 18.9 Å². The van der Waals surface area contributed by atoms with Crippen molar-refractivity contribution in [3.05, 3.63) is 118 Å². The molecule has 0 aromatic heterocycles. The summed E-state index contributed by atoms with van der Waals surface area (Å²) in [6.45, 7) is 1.84. The van der Waals surface area contributed by atoms with Crippen LogP contribution in [-0.4, -0.2) is 6.29 Å². The van der Waals surface area contributed by atoms with E-state index in [2.05, 4.69) is 9.47 Å². The number of halogens is 14. The normalized spacial score (nSPS) is 12.0. The molecular formula is C33H22F14O4. The number of rotatable bonds is 15. The Kier molecular flexibility index (Phi) is 11.9. The van der Waals surface area contributed by atoms with Gasteiger partial charge in [-0.25, -0.2) is 43.9 Å². The highest BCUT2D eigenvalue weighted by atomic mass is 19.3. The van der Waals surface area contributed by atoms with Gasteiger partial charge in [0.15, 0.2) is 34.9 Å². The van der Waals surface area contributed by atoms with E-state index >= 15 is 0 Å². The second kappa shape index (κ2) is 15.6. The van der Waals surface area contributed by atoms with E-state index in [9.17, 15) is 61.5 Å². The number of hydrogen-bond acceptors (Lipinski definition) is 4. The van der Waals surface area contributed by atoms with Gasteiger partial charge in [0.1, 0.15) is 57.4 Å². The summed E-state index contributed by atoms with van der Waals surface area (Å²) in [7, 11) is 0. The fourth-order valence-electron chi connectivity index (χ4n) is 4.56. The number of hydrogen-bond donors (Lipinski definition) is 0. The number of benzene rings is 4. The van der Waals surface area contributed by atoms with Gasteiger partial charge in [-0.15, -0.1) is 0 Å². The highest BCUT2D eigenvalue weighted by Gasteiger charge is 2.43. The molecule has 0 aliphatic carbocycles. The van der Waals surface area contributed by atoms with Gasteiger partial charge >= 0.3 is 12.2 Å². The van der Waals surface area contributed by atoms with Gasteiger partial charge in [-0.3, -0.25) is 0 Å². The minimum Gasteiger partial charge on any atom is -0.455 e. The van der Waals surface area contributed by atoms with E-state index in [1.54, 1.807) is 0 Å². The van der Waals surface area contributed by atoms with Crippen LogP contribution in [0.3, 0.4) is 0 Å². The van der Waals surface area contributed by atoms with Crippen molar-refractivity contribution in [2.75, 3.05) is 0 Å². The van der Waals surface area contributed by atoms with Crippen LogP contribution in [0.5, 0.6) is 23.0 Å². The van der Waals surface area contributed by atoms with Crippen LogP contribution in [-0.2, 0) is 12.2 Å². The first kappa shape index (κ1) is 38.9. The first-order chi connectivity index (χ1) is 23.8. The van der Waals surface area contributed by atoms with Crippen molar-refractivity contribution in [1.82, 2.24) is 0 Å². The molecule has 276 valence electrons. The van der Waals surface area contributed by atoms with E-state index in [0.29, 0.717) is 12.8 Å². The highest BCUT2D eigenvalue weighted by molar-refractivity contribution is 5.36. The monoisotopic (exact) mass is 748 g/mol. The maximum absolute atomic E-state index is 14.9. The summed E-state index contributed by atoms with van der Waals surface area (Å²) >= 11 is 0. The Morgan fingerprint density at radius 1 is 0.451 bits per heavy atom. The Hall–Kier alpha value is -4.90. The lowest BCUT2D eigenvalue weighted by atomic mass is 10.1. The quantitative estimate of drug-likeness (QED) is 0.0525. The molecule has 4 aromatic carbocycles. The molecule has 4 rings (SSSR count). The van der Waals surface area contributed by atoms with Gasteiger partial charge in [0, 0.05) is 55.0 Å². The Balaban J connectivity index is 1.58. The van der Waals surface area contributed by atoms with Gasteiger partial charge in [0.05, 0.1) is 0 Å². The zero-order valence-corrected chi connectivity index (χ0v) is 25.7. The van der Waals surface area contributed by atoms with Gasteiger partial charge in [0.25, 0.3) is 0 Å². The second-order valence-electron chi connectivity index (χ2n) is 10.7. The molecule has 4 aromatic rings. The summed E-state index contributed by atoms with van der Waals surface area (Å²) < 4.78 is 217. The molecule has 0 heterocycles. The summed E-state index contributed by atoms with van der Waals surface area (Å²) in [6.07, 6.45) is -9.59. The Bertz CT molecular complexity index is 1660. The van der Waals surface area contributed by atoms with Crippen LogP contribution in [0, 0.1) is 58.2 Å². The number of ether oxygens (including phenoxy) is 4. The van der Waals surface area contributed by atoms with Crippen LogP contribution < -0.4 is 18.9 Å². The number of unbranched alkanes of at least 4 members (excludes halogenated alkanes) is 3. The van der Waals surface area contributed by atoms with Crippen molar-refractivity contribution in [1.29, 1.82) is 0 Å². The summed E-state index contributed by atoms with van der Waals surface area (Å²) in [5, 5.41) is 0. The predicted molar refractivity (Wildman–Crippen MR) is 148 cm³/mol. The summed E-state index contributed by atoms with van der Waals surface area (Å²) in [5.41, 5.74) is -4.12. The van der Waals surface area contributed by atoms with E-state index in [-0.39, 0.29) is 61.4 Å². The lowest BCUT2D eigenvalue weighted by molar-refractivity contribution is -0.190. The summed E-state index contributed by atoms with van der Waals surface area (Å²) in [5.74, 6) is -24.2. The molecule has 0 aliphatic heterocycles. The summed E-state index contributed by atoms with van der Waals surface area (Å²) in [6, 6.07) is 0.863. The maximum atomic E-state index is 14.9. The standard InChI is InChI=1S/C33H22F14O4/c1-2-3-4-5-6-27(48-15-7-19(34)28(20(35)8-15)32(44,45)50-17-11-23(38)30(42)24(39)12-17)49-16-9-21(36)29(22(37)10-16)33(46,47)51-18-13-25(40)31(43)26(41)14-18/h7-14,27H,2-6H2,1H3. The topological polar surface area (TPSA) is 36.9 Å². The molecule has 0 fully saturated rings. The van der Waals surface area contributed by atoms with Gasteiger partial charge in [-0.1, -0.05) is 26.2 Å². The molecular weight excluding hydrogens is 726 g/mol. The smallest absolute Gasteiger partial charge is 0.432 e. The maximum Gasteiger partial charge on any atom is 0.432 e. The van der Waals surface area contributed by atoms with Gasteiger partial charge in [-0.05, 0) is 6.42 Å². The van der Waals surface area contributed by atoms with Crippen LogP contribution in [0.1, 0.15) is 50.2 Å². The van der Waals surface area contributed by atoms with E-state index < -0.39 is 111 Å². The molecule has 0 amide bonds. The molecule has 0 unspecified atom stereocenters. The molecule has 51 heavy (non-hydrogen) atoms. The lowest BCUT2D eigenvalue weighted by Crippen LogP contribution is -2.27. The van der Waals surface area contributed by atoms with Crippen molar-refractivity contribution >= 4 is 0 Å². The van der Waals surface area contributed by atoms with E-state index in [4.69, 9.17) is 9.47 Å². The zero-order valence-electron chi connectivity index (χ0n) is 25.7.